The summed E-state index contributed by atoms with van der Waals surface area (Å²) in [6.07, 6.45) is -19.4. The average molecular weight is 1160 g/mol. The maximum Gasteiger partial charge on any atom is 0.333 e. The molecule has 4 saturated carbocycles. The van der Waals surface area contributed by atoms with Gasteiger partial charge in [0.15, 0.2) is 25.2 Å². The Hall–Kier alpha value is -2.67. The number of hydrogen-bond donors (Lipinski definition) is 8. The minimum Gasteiger partial charge on any atom is -0.455 e. The number of ether oxygens (including phenoxy) is 13. The second-order valence-corrected chi connectivity index (χ2v) is 24.6. The summed E-state index contributed by atoms with van der Waals surface area (Å²) in [6.45, 7) is 14.6. The zero-order chi connectivity index (χ0) is 59.0. The average Bonchev–Trinajstić information content (AvgIpc) is 1.97. The summed E-state index contributed by atoms with van der Waals surface area (Å²) in [4.78, 5) is 41.5. The van der Waals surface area contributed by atoms with E-state index in [0.717, 1.165) is 6.42 Å². The summed E-state index contributed by atoms with van der Waals surface area (Å²) in [5, 5.41) is 85.2. The van der Waals surface area contributed by atoms with Crippen molar-refractivity contribution in [1.82, 2.24) is 0 Å². The Kier molecular flexibility index (Phi) is 18.8. The van der Waals surface area contributed by atoms with Crippen LogP contribution in [0.2, 0.25) is 0 Å². The van der Waals surface area contributed by atoms with Crippen LogP contribution >= 0.6 is 0 Å². The molecule has 5 aliphatic heterocycles. The highest BCUT2D eigenvalue weighted by molar-refractivity contribution is 5.89. The molecule has 4 aliphatic carbocycles. The number of ketones is 1. The number of fused-ring (bicyclic) bond motifs is 2. The number of allylic oxidation sites excluding steroid dienone is 2. The zero-order valence-corrected chi connectivity index (χ0v) is 48.3. The van der Waals surface area contributed by atoms with Gasteiger partial charge in [-0.25, -0.2) is 9.59 Å². The van der Waals surface area contributed by atoms with Crippen LogP contribution < -0.4 is 0 Å². The first-order valence-electron chi connectivity index (χ1n) is 28.8. The van der Waals surface area contributed by atoms with Crippen molar-refractivity contribution in [2.75, 3.05) is 27.4 Å². The van der Waals surface area contributed by atoms with Crippen molar-refractivity contribution < 1.29 is 117 Å². The van der Waals surface area contributed by atoms with Gasteiger partial charge in [-0.3, -0.25) is 4.79 Å². The lowest BCUT2D eigenvalue weighted by atomic mass is 9.43. The Morgan fingerprint density at radius 1 is 0.593 bits per heavy atom. The molecule has 0 bridgehead atoms. The van der Waals surface area contributed by atoms with Crippen LogP contribution in [-0.4, -0.2) is 232 Å². The third-order valence-electron chi connectivity index (χ3n) is 20.5. The first-order valence-corrected chi connectivity index (χ1v) is 28.8. The molecule has 81 heavy (non-hydrogen) atoms. The van der Waals surface area contributed by atoms with E-state index in [1.165, 1.54) is 7.11 Å². The Balaban J connectivity index is 0.847. The number of methoxy groups -OCH3 is 2. The van der Waals surface area contributed by atoms with E-state index in [1.807, 2.05) is 13.8 Å². The Morgan fingerprint density at radius 3 is 1.80 bits per heavy atom. The maximum atomic E-state index is 14.0. The molecular formula is C57H88O24. The molecule has 0 aromatic carbocycles. The van der Waals surface area contributed by atoms with Crippen molar-refractivity contribution in [2.24, 2.45) is 28.6 Å². The molecule has 0 aromatic heterocycles. The van der Waals surface area contributed by atoms with Crippen molar-refractivity contribution >= 4 is 17.7 Å². The van der Waals surface area contributed by atoms with Crippen LogP contribution in [0.1, 0.15) is 114 Å². The van der Waals surface area contributed by atoms with E-state index in [1.54, 1.807) is 60.8 Å². The SMILES string of the molecule is C/C=C(\C)C(=O)O[C@@H]1[C@@H](OC(=O)/C(C)=C/C)C2C3(CCC4C[C@@H](OC5CC(OC)C(OC6OC(C)C(OC7OC(CO)C(OC8OC(CO)C(O)C(O)C8O)C(O)C7O)C(OC)C6O)C(C)O5)CC[C@@]42C)OC32CC[C@@H](C(C)=O)[C@@]12C. The van der Waals surface area contributed by atoms with E-state index in [-0.39, 0.29) is 30.1 Å². The van der Waals surface area contributed by atoms with Crippen LogP contribution in [-0.2, 0) is 76.0 Å². The highest BCUT2D eigenvalue weighted by Crippen LogP contribution is 2.81. The van der Waals surface area contributed by atoms with Crippen LogP contribution in [0.25, 0.3) is 0 Å². The van der Waals surface area contributed by atoms with E-state index < -0.39 is 182 Å². The molecule has 9 fully saturated rings. The smallest absolute Gasteiger partial charge is 0.333 e. The van der Waals surface area contributed by atoms with E-state index in [9.17, 15) is 55.2 Å². The molecule has 8 N–H and O–H groups in total. The van der Waals surface area contributed by atoms with Crippen LogP contribution in [0.4, 0.5) is 0 Å². The number of epoxide rings is 1. The molecule has 0 amide bonds. The van der Waals surface area contributed by atoms with Gasteiger partial charge < -0.3 is 102 Å². The van der Waals surface area contributed by atoms with Crippen molar-refractivity contribution in [1.29, 1.82) is 0 Å². The first-order chi connectivity index (χ1) is 38.3. The first kappa shape index (κ1) is 62.8. The van der Waals surface area contributed by atoms with Gasteiger partial charge in [-0.15, -0.1) is 0 Å². The minimum atomic E-state index is -1.86. The number of hydrogen-bond acceptors (Lipinski definition) is 24. The fourth-order valence-corrected chi connectivity index (χ4v) is 15.8. The fraction of sp³-hybridized carbons (Fsp3) is 0.877. The van der Waals surface area contributed by atoms with Gasteiger partial charge in [0.1, 0.15) is 102 Å². The largest absolute Gasteiger partial charge is 0.455 e. The molecule has 24 nitrogen and oxygen atoms in total. The molecule has 2 spiro atoms. The molecule has 5 heterocycles. The predicted octanol–water partition coefficient (Wildman–Crippen LogP) is 0.536. The second-order valence-electron chi connectivity index (χ2n) is 24.6. The normalized spacial score (nSPS) is 50.8. The highest BCUT2D eigenvalue weighted by atomic mass is 16.8. The van der Waals surface area contributed by atoms with Crippen LogP contribution in [0, 0.1) is 28.6 Å². The predicted molar refractivity (Wildman–Crippen MR) is 277 cm³/mol. The molecule has 29 atom stereocenters. The highest BCUT2D eigenvalue weighted by Gasteiger charge is 2.91. The van der Waals surface area contributed by atoms with Gasteiger partial charge in [0.05, 0.1) is 37.6 Å². The number of rotatable bonds is 17. The summed E-state index contributed by atoms with van der Waals surface area (Å²) in [5.41, 5.74) is -2.08. The monoisotopic (exact) mass is 1160 g/mol. The number of Topliss-reactive ketones (excluding diaryl/α,β-unsaturated/α-hetero) is 1. The summed E-state index contributed by atoms with van der Waals surface area (Å²) >= 11 is 0. The zero-order valence-electron chi connectivity index (χ0n) is 48.3. The van der Waals surface area contributed by atoms with Gasteiger partial charge >= 0.3 is 11.9 Å². The van der Waals surface area contributed by atoms with E-state index in [2.05, 4.69) is 6.92 Å². The lowest BCUT2D eigenvalue weighted by Crippen LogP contribution is -2.70. The molecule has 5 saturated heterocycles. The number of carbonyl (C=O) groups is 3. The standard InChI is InChI=1S/C57H88O24/c1-12-24(3)49(67)76-46-47-54(8)17-15-30(20-29(54)14-18-56(47)57(81-56)19-16-31(26(5)60)55(57,9)48(46)80-50(68)25(4)13-2)73-35-21-32(69-10)42(27(6)71-35)77-53-41(66)45(70-11)43(28(7)72-53)78-52-40(65)38(63)44(34(23-59)75-52)79-51-39(64)37(62)36(61)33(22-58)74-51/h12-13,27-48,51-53,58-59,61-66H,14-23H2,1-11H3/b24-12+,25-13+/t27?,28?,29?,30-,31-,32?,33?,34?,35?,36?,37?,38?,39?,40?,41?,42?,43?,44?,45?,46-,47?,48+,51?,52?,53?,54-,55-,56?,57?/m0/s1. The van der Waals surface area contributed by atoms with E-state index in [4.69, 9.17) is 61.6 Å². The molecule has 23 unspecified atom stereocenters. The molecule has 9 rings (SSSR count). The minimum absolute atomic E-state index is 0.0173. The number of aliphatic hydroxyl groups is 8. The summed E-state index contributed by atoms with van der Waals surface area (Å²) in [5.74, 6) is -1.84. The number of esters is 2. The third kappa shape index (κ3) is 10.6. The summed E-state index contributed by atoms with van der Waals surface area (Å²) in [7, 11) is 2.88. The van der Waals surface area contributed by atoms with Gasteiger partial charge in [0.2, 0.25) is 0 Å². The molecule has 24 heteroatoms. The van der Waals surface area contributed by atoms with E-state index in [0.29, 0.717) is 49.7 Å². The summed E-state index contributed by atoms with van der Waals surface area (Å²) < 4.78 is 81.3. The van der Waals surface area contributed by atoms with Gasteiger partial charge in [-0.2, -0.15) is 0 Å². The Bertz CT molecular complexity index is 2320. The van der Waals surface area contributed by atoms with Gasteiger partial charge in [0.25, 0.3) is 0 Å². The topological polar surface area (TPSA) is 336 Å². The van der Waals surface area contributed by atoms with Crippen molar-refractivity contribution in [3.63, 3.8) is 0 Å². The Labute approximate surface area is 472 Å². The quantitative estimate of drug-likeness (QED) is 0.0426. The molecule has 9 aliphatic rings. The lowest BCUT2D eigenvalue weighted by Gasteiger charge is -2.61. The summed E-state index contributed by atoms with van der Waals surface area (Å²) in [6, 6.07) is 0. The maximum absolute atomic E-state index is 14.0. The lowest BCUT2D eigenvalue weighted by molar-refractivity contribution is -0.384. The second kappa shape index (κ2) is 24.2. The van der Waals surface area contributed by atoms with Crippen molar-refractivity contribution in [3.8, 4) is 0 Å². The van der Waals surface area contributed by atoms with Crippen molar-refractivity contribution in [3.05, 3.63) is 23.3 Å². The molecule has 460 valence electrons. The van der Waals surface area contributed by atoms with E-state index >= 15 is 0 Å². The van der Waals surface area contributed by atoms with Crippen LogP contribution in [0.15, 0.2) is 23.3 Å². The fourth-order valence-electron chi connectivity index (χ4n) is 15.8. The Morgan fingerprint density at radius 2 is 1.19 bits per heavy atom. The van der Waals surface area contributed by atoms with Crippen LogP contribution in [0.3, 0.4) is 0 Å². The number of carbonyl (C=O) groups excluding carboxylic acids is 3. The van der Waals surface area contributed by atoms with Crippen LogP contribution in [0.5, 0.6) is 0 Å². The van der Waals surface area contributed by atoms with Gasteiger partial charge in [0, 0.05) is 49.0 Å². The number of aliphatic hydroxyl groups excluding tert-OH is 8. The van der Waals surface area contributed by atoms with Crippen molar-refractivity contribution in [2.45, 2.75) is 260 Å². The van der Waals surface area contributed by atoms with Gasteiger partial charge in [-0.1, -0.05) is 26.0 Å². The molecular weight excluding hydrogens is 1070 g/mol. The third-order valence-corrected chi connectivity index (χ3v) is 20.5. The molecule has 0 aromatic rings. The molecule has 0 radical (unpaired) electrons. The van der Waals surface area contributed by atoms with Gasteiger partial charge in [-0.05, 0) is 105 Å².